The Kier molecular flexibility index (Phi) is 3.33. The lowest BCUT2D eigenvalue weighted by Gasteiger charge is -2.16. The molecule has 3 heteroatoms. The summed E-state index contributed by atoms with van der Waals surface area (Å²) in [6.07, 6.45) is 1.53. The molecule has 78 valence electrons. The van der Waals surface area contributed by atoms with Crippen LogP contribution in [0.5, 0.6) is 0 Å². The predicted molar refractivity (Wildman–Crippen MR) is 55.2 cm³/mol. The van der Waals surface area contributed by atoms with Gasteiger partial charge in [-0.3, -0.25) is 4.79 Å². The van der Waals surface area contributed by atoms with Crippen LogP contribution in [-0.2, 0) is 0 Å². The molecule has 0 fully saturated rings. The first-order valence-electron chi connectivity index (χ1n) is 4.87. The van der Waals surface area contributed by atoms with Gasteiger partial charge in [-0.1, -0.05) is 13.8 Å². The van der Waals surface area contributed by atoms with Gasteiger partial charge in [0.05, 0.1) is 11.8 Å². The first-order chi connectivity index (χ1) is 6.52. The Morgan fingerprint density at radius 1 is 1.43 bits per heavy atom. The summed E-state index contributed by atoms with van der Waals surface area (Å²) in [7, 11) is 0. The zero-order chi connectivity index (χ0) is 10.7. The molecule has 0 aliphatic carbocycles. The molecule has 3 nitrogen and oxygen atoms in total. The monoisotopic (exact) mass is 195 g/mol. The maximum Gasteiger partial charge on any atom is 0.255 e. The molecule has 1 atom stereocenters. The van der Waals surface area contributed by atoms with Gasteiger partial charge in [0, 0.05) is 6.04 Å². The van der Waals surface area contributed by atoms with Gasteiger partial charge in [0.1, 0.15) is 5.76 Å². The zero-order valence-corrected chi connectivity index (χ0v) is 9.13. The van der Waals surface area contributed by atoms with Gasteiger partial charge in [-0.05, 0) is 25.8 Å². The Hall–Kier alpha value is -1.25. The van der Waals surface area contributed by atoms with E-state index in [1.165, 1.54) is 6.26 Å². The number of furan rings is 1. The number of aryl methyl sites for hydroxylation is 1. The summed E-state index contributed by atoms with van der Waals surface area (Å²) in [4.78, 5) is 11.7. The first-order valence-corrected chi connectivity index (χ1v) is 4.87. The minimum Gasteiger partial charge on any atom is -0.469 e. The lowest BCUT2D eigenvalue weighted by molar-refractivity contribution is 0.0929. The van der Waals surface area contributed by atoms with Gasteiger partial charge in [0.2, 0.25) is 0 Å². The van der Waals surface area contributed by atoms with Crippen molar-refractivity contribution in [3.8, 4) is 0 Å². The molecule has 0 aliphatic heterocycles. The number of amides is 1. The fraction of sp³-hybridized carbons (Fsp3) is 0.545. The minimum atomic E-state index is -0.0579. The van der Waals surface area contributed by atoms with E-state index in [0.717, 1.165) is 0 Å². The van der Waals surface area contributed by atoms with Gasteiger partial charge >= 0.3 is 0 Å². The summed E-state index contributed by atoms with van der Waals surface area (Å²) in [6, 6.07) is 1.87. The van der Waals surface area contributed by atoms with Crippen molar-refractivity contribution >= 4 is 5.91 Å². The van der Waals surface area contributed by atoms with Gasteiger partial charge in [-0.15, -0.1) is 0 Å². The molecule has 1 rings (SSSR count). The third kappa shape index (κ3) is 2.37. The van der Waals surface area contributed by atoms with Crippen molar-refractivity contribution in [2.45, 2.75) is 33.7 Å². The van der Waals surface area contributed by atoms with Crippen LogP contribution in [0.3, 0.4) is 0 Å². The van der Waals surface area contributed by atoms with Crippen molar-refractivity contribution in [3.63, 3.8) is 0 Å². The average molecular weight is 195 g/mol. The van der Waals surface area contributed by atoms with Crippen molar-refractivity contribution in [2.75, 3.05) is 0 Å². The number of nitrogens with one attached hydrogen (secondary N) is 1. The van der Waals surface area contributed by atoms with Crippen LogP contribution in [0.4, 0.5) is 0 Å². The lowest BCUT2D eigenvalue weighted by Crippen LogP contribution is -2.36. The van der Waals surface area contributed by atoms with Gasteiger partial charge in [-0.2, -0.15) is 0 Å². The largest absolute Gasteiger partial charge is 0.469 e. The predicted octanol–water partition coefficient (Wildman–Crippen LogP) is 2.36. The van der Waals surface area contributed by atoms with Crippen LogP contribution in [0.1, 0.15) is 36.9 Å². The van der Waals surface area contributed by atoms with Crippen molar-refractivity contribution in [2.24, 2.45) is 5.92 Å². The normalized spacial score (nSPS) is 12.9. The molecule has 14 heavy (non-hydrogen) atoms. The Morgan fingerprint density at radius 2 is 2.07 bits per heavy atom. The van der Waals surface area contributed by atoms with Crippen LogP contribution in [0.2, 0.25) is 0 Å². The number of carbonyl (C=O) groups is 1. The smallest absolute Gasteiger partial charge is 0.255 e. The Labute approximate surface area is 84.5 Å². The minimum absolute atomic E-state index is 0.0579. The number of carbonyl (C=O) groups excluding carboxylic acids is 1. The van der Waals surface area contributed by atoms with Crippen molar-refractivity contribution < 1.29 is 9.21 Å². The average Bonchev–Trinajstić information content (AvgIpc) is 2.51. The SMILES string of the molecule is Cc1occc1C(=O)NC(C)C(C)C. The third-order valence-corrected chi connectivity index (χ3v) is 2.46. The molecule has 1 aromatic rings. The van der Waals surface area contributed by atoms with E-state index in [0.29, 0.717) is 17.2 Å². The van der Waals surface area contributed by atoms with Crippen molar-refractivity contribution in [1.29, 1.82) is 0 Å². The molecule has 0 saturated carbocycles. The van der Waals surface area contributed by atoms with Gasteiger partial charge in [0.25, 0.3) is 5.91 Å². The summed E-state index contributed by atoms with van der Waals surface area (Å²) < 4.78 is 5.07. The standard InChI is InChI=1S/C11H17NO2/c1-7(2)8(3)12-11(13)10-5-6-14-9(10)4/h5-8H,1-4H3,(H,12,13). The van der Waals surface area contributed by atoms with E-state index < -0.39 is 0 Å². The molecule has 1 heterocycles. The van der Waals surface area contributed by atoms with Crippen molar-refractivity contribution in [3.05, 3.63) is 23.7 Å². The highest BCUT2D eigenvalue weighted by Gasteiger charge is 2.15. The van der Waals surface area contributed by atoms with Gasteiger partial charge in [0.15, 0.2) is 0 Å². The Bertz CT molecular complexity index is 315. The van der Waals surface area contributed by atoms with Crippen LogP contribution in [-0.4, -0.2) is 11.9 Å². The lowest BCUT2D eigenvalue weighted by atomic mass is 10.1. The summed E-state index contributed by atoms with van der Waals surface area (Å²) in [6.45, 7) is 7.94. The molecule has 1 N–H and O–H groups in total. The molecule has 1 aromatic heterocycles. The molecule has 0 spiro atoms. The summed E-state index contributed by atoms with van der Waals surface area (Å²) in [5.74, 6) is 1.04. The van der Waals surface area contributed by atoms with E-state index in [2.05, 4.69) is 19.2 Å². The van der Waals surface area contributed by atoms with Crippen LogP contribution < -0.4 is 5.32 Å². The number of hydrogen-bond donors (Lipinski definition) is 1. The second-order valence-electron chi connectivity index (χ2n) is 3.90. The topological polar surface area (TPSA) is 42.2 Å². The van der Waals surface area contributed by atoms with Crippen molar-refractivity contribution in [1.82, 2.24) is 5.32 Å². The zero-order valence-electron chi connectivity index (χ0n) is 9.13. The third-order valence-electron chi connectivity index (χ3n) is 2.46. The quantitative estimate of drug-likeness (QED) is 0.804. The highest BCUT2D eigenvalue weighted by atomic mass is 16.3. The van der Waals surface area contributed by atoms with E-state index >= 15 is 0 Å². The van der Waals surface area contributed by atoms with Crippen LogP contribution in [0, 0.1) is 12.8 Å². The van der Waals surface area contributed by atoms with Crippen LogP contribution in [0.15, 0.2) is 16.7 Å². The fourth-order valence-electron chi connectivity index (χ4n) is 1.07. The van der Waals surface area contributed by atoms with Crippen LogP contribution >= 0.6 is 0 Å². The number of hydrogen-bond acceptors (Lipinski definition) is 2. The maximum absolute atomic E-state index is 11.7. The highest BCUT2D eigenvalue weighted by molar-refractivity contribution is 5.95. The fourth-order valence-corrected chi connectivity index (χ4v) is 1.07. The van der Waals surface area contributed by atoms with E-state index in [1.54, 1.807) is 13.0 Å². The molecule has 1 amide bonds. The molecule has 0 bridgehead atoms. The molecule has 0 saturated heterocycles. The molecule has 0 radical (unpaired) electrons. The summed E-state index contributed by atoms with van der Waals surface area (Å²) in [5, 5.41) is 2.92. The Balaban J connectivity index is 2.64. The van der Waals surface area contributed by atoms with Gasteiger partial charge in [-0.25, -0.2) is 0 Å². The maximum atomic E-state index is 11.7. The highest BCUT2D eigenvalue weighted by Crippen LogP contribution is 2.09. The summed E-state index contributed by atoms with van der Waals surface area (Å²) in [5.41, 5.74) is 0.623. The molecule has 0 aliphatic rings. The molecular formula is C11H17NO2. The number of rotatable bonds is 3. The van der Waals surface area contributed by atoms with E-state index in [9.17, 15) is 4.79 Å². The molecule has 1 unspecified atom stereocenters. The second-order valence-corrected chi connectivity index (χ2v) is 3.90. The molecule has 0 aromatic carbocycles. The van der Waals surface area contributed by atoms with E-state index in [4.69, 9.17) is 4.42 Å². The van der Waals surface area contributed by atoms with Gasteiger partial charge < -0.3 is 9.73 Å². The second kappa shape index (κ2) is 4.31. The summed E-state index contributed by atoms with van der Waals surface area (Å²) >= 11 is 0. The van der Waals surface area contributed by atoms with E-state index in [-0.39, 0.29) is 11.9 Å². The first kappa shape index (κ1) is 10.8. The van der Waals surface area contributed by atoms with Crippen LogP contribution in [0.25, 0.3) is 0 Å². The molecular weight excluding hydrogens is 178 g/mol. The Morgan fingerprint density at radius 3 is 2.50 bits per heavy atom. The van der Waals surface area contributed by atoms with E-state index in [1.807, 2.05) is 6.92 Å².